The number of para-hydroxylation sites is 1. The number of nitrogens with zero attached hydrogens (tertiary/aromatic N) is 4. The second-order valence-corrected chi connectivity index (χ2v) is 6.67. The molecule has 3 aromatic heterocycles. The minimum Gasteiger partial charge on any atom is -0.284 e. The molecule has 4 rings (SSSR count). The Hall–Kier alpha value is -2.86. The molecule has 0 aliphatic carbocycles. The zero-order valence-electron chi connectivity index (χ0n) is 13.0. The van der Waals surface area contributed by atoms with Crippen LogP contribution in [0, 0.1) is 0 Å². The van der Waals surface area contributed by atoms with Crippen molar-refractivity contribution in [1.82, 2.24) is 19.5 Å². The zero-order chi connectivity index (χ0) is 16.5. The Balaban J connectivity index is 1.82. The van der Waals surface area contributed by atoms with Gasteiger partial charge in [0.25, 0.3) is 0 Å². The van der Waals surface area contributed by atoms with E-state index >= 15 is 0 Å². The summed E-state index contributed by atoms with van der Waals surface area (Å²) >= 11 is 0. The molecule has 0 radical (unpaired) electrons. The highest BCUT2D eigenvalue weighted by Gasteiger charge is 2.13. The average Bonchev–Trinajstić information content (AvgIpc) is 3.03. The lowest BCUT2D eigenvalue weighted by Crippen LogP contribution is -1.99. The van der Waals surface area contributed by atoms with E-state index < -0.39 is 10.8 Å². The first-order valence-corrected chi connectivity index (χ1v) is 8.97. The topological polar surface area (TPSA) is 60.7 Å². The lowest BCUT2D eigenvalue weighted by Gasteiger charge is -2.04. The number of aromatic nitrogens is 4. The van der Waals surface area contributed by atoms with Gasteiger partial charge in [-0.2, -0.15) is 0 Å². The van der Waals surface area contributed by atoms with Gasteiger partial charge in [0.2, 0.25) is 5.95 Å². The van der Waals surface area contributed by atoms with Crippen molar-refractivity contribution >= 4 is 21.7 Å². The smallest absolute Gasteiger partial charge is 0.234 e. The van der Waals surface area contributed by atoms with Crippen molar-refractivity contribution in [3.8, 4) is 17.2 Å². The molecular weight excluding hydrogens is 320 g/mol. The van der Waals surface area contributed by atoms with E-state index in [1.807, 2.05) is 53.2 Å². The van der Waals surface area contributed by atoms with Crippen molar-refractivity contribution in [2.45, 2.75) is 4.90 Å². The Labute approximate surface area is 141 Å². The van der Waals surface area contributed by atoms with Gasteiger partial charge >= 0.3 is 0 Å². The number of rotatable bonds is 3. The van der Waals surface area contributed by atoms with E-state index in [1.54, 1.807) is 24.8 Å². The van der Waals surface area contributed by atoms with Gasteiger partial charge in [0.05, 0.1) is 26.9 Å². The Morgan fingerprint density at radius 3 is 2.42 bits per heavy atom. The van der Waals surface area contributed by atoms with Crippen LogP contribution in [-0.2, 0) is 10.8 Å². The fourth-order valence-corrected chi connectivity index (χ4v) is 3.39. The number of fused-ring (bicyclic) bond motifs is 1. The van der Waals surface area contributed by atoms with Crippen LogP contribution in [-0.4, -0.2) is 30.0 Å². The van der Waals surface area contributed by atoms with Gasteiger partial charge in [-0.15, -0.1) is 0 Å². The molecule has 5 nitrogen and oxygen atoms in total. The predicted molar refractivity (Wildman–Crippen MR) is 94.4 cm³/mol. The molecule has 0 bridgehead atoms. The summed E-state index contributed by atoms with van der Waals surface area (Å²) in [4.78, 5) is 14.0. The summed E-state index contributed by atoms with van der Waals surface area (Å²) < 4.78 is 13.9. The predicted octanol–water partition coefficient (Wildman–Crippen LogP) is 3.22. The third kappa shape index (κ3) is 2.51. The highest BCUT2D eigenvalue weighted by atomic mass is 32.2. The van der Waals surface area contributed by atoms with E-state index in [4.69, 9.17) is 0 Å². The minimum atomic E-state index is -1.08. The number of benzene rings is 1. The maximum Gasteiger partial charge on any atom is 0.234 e. The van der Waals surface area contributed by atoms with Gasteiger partial charge < -0.3 is 0 Å². The minimum absolute atomic E-state index is 0.544. The lowest BCUT2D eigenvalue weighted by atomic mass is 10.2. The van der Waals surface area contributed by atoms with Crippen LogP contribution >= 0.6 is 0 Å². The van der Waals surface area contributed by atoms with E-state index in [0.29, 0.717) is 5.95 Å². The molecule has 0 amide bonds. The van der Waals surface area contributed by atoms with Crippen LogP contribution < -0.4 is 0 Å². The van der Waals surface area contributed by atoms with Crippen LogP contribution in [0.5, 0.6) is 0 Å². The third-order valence-corrected chi connectivity index (χ3v) is 4.74. The van der Waals surface area contributed by atoms with Gasteiger partial charge in [-0.05, 0) is 18.2 Å². The van der Waals surface area contributed by atoms with Crippen LogP contribution in [0.15, 0.2) is 72.1 Å². The molecule has 0 aliphatic heterocycles. The van der Waals surface area contributed by atoms with Gasteiger partial charge in [-0.3, -0.25) is 13.8 Å². The summed E-state index contributed by atoms with van der Waals surface area (Å²) in [5, 5.41) is 0.954. The standard InChI is InChI=1S/C18H14N4OS/c1-24(23)17-12-22(16-8-3-2-6-14(16)17)18-20-10-13(11-21-18)15-7-4-5-9-19-15/h2-12H,1H3. The summed E-state index contributed by atoms with van der Waals surface area (Å²) in [5.41, 5.74) is 2.63. The highest BCUT2D eigenvalue weighted by molar-refractivity contribution is 7.84. The van der Waals surface area contributed by atoms with Crippen LogP contribution in [0.2, 0.25) is 0 Å². The van der Waals surface area contributed by atoms with E-state index in [2.05, 4.69) is 15.0 Å². The summed E-state index contributed by atoms with van der Waals surface area (Å²) in [5.74, 6) is 0.544. The molecule has 0 aliphatic rings. The quantitative estimate of drug-likeness (QED) is 0.577. The summed E-state index contributed by atoms with van der Waals surface area (Å²) in [6, 6.07) is 13.5. The maximum absolute atomic E-state index is 12.0. The first-order chi connectivity index (χ1) is 11.7. The van der Waals surface area contributed by atoms with Crippen molar-refractivity contribution < 1.29 is 4.21 Å². The van der Waals surface area contributed by atoms with Gasteiger partial charge in [0, 0.05) is 42.0 Å². The summed E-state index contributed by atoms with van der Waals surface area (Å²) in [6.07, 6.45) is 8.77. The Kier molecular flexibility index (Phi) is 3.66. The fraction of sp³-hybridized carbons (Fsp3) is 0.0556. The average molecular weight is 334 g/mol. The number of pyridine rings is 1. The lowest BCUT2D eigenvalue weighted by molar-refractivity contribution is 0.687. The molecular formula is C18H14N4OS. The van der Waals surface area contributed by atoms with E-state index in [0.717, 1.165) is 27.1 Å². The van der Waals surface area contributed by atoms with Crippen LogP contribution in [0.25, 0.3) is 28.1 Å². The van der Waals surface area contributed by atoms with Gasteiger partial charge in [0.15, 0.2) is 0 Å². The van der Waals surface area contributed by atoms with E-state index in [9.17, 15) is 4.21 Å². The van der Waals surface area contributed by atoms with Crippen molar-refractivity contribution in [3.63, 3.8) is 0 Å². The van der Waals surface area contributed by atoms with Gasteiger partial charge in [-0.25, -0.2) is 9.97 Å². The fourth-order valence-electron chi connectivity index (χ4n) is 2.65. The molecule has 118 valence electrons. The molecule has 0 N–H and O–H groups in total. The second kappa shape index (κ2) is 5.98. The molecule has 1 unspecified atom stereocenters. The Morgan fingerprint density at radius 2 is 1.71 bits per heavy atom. The Bertz CT molecular complexity index is 1030. The number of hydrogen-bond donors (Lipinski definition) is 0. The third-order valence-electron chi connectivity index (χ3n) is 3.80. The SMILES string of the molecule is CS(=O)c1cn(-c2ncc(-c3ccccn3)cn2)c2ccccc12. The van der Waals surface area contributed by atoms with Crippen molar-refractivity contribution in [3.05, 3.63) is 67.3 Å². The number of hydrogen-bond acceptors (Lipinski definition) is 4. The maximum atomic E-state index is 12.0. The van der Waals surface area contributed by atoms with E-state index in [-0.39, 0.29) is 0 Å². The van der Waals surface area contributed by atoms with Crippen molar-refractivity contribution in [1.29, 1.82) is 0 Å². The van der Waals surface area contributed by atoms with E-state index in [1.165, 1.54) is 0 Å². The van der Waals surface area contributed by atoms with Gasteiger partial charge in [-0.1, -0.05) is 24.3 Å². The molecule has 4 aromatic rings. The van der Waals surface area contributed by atoms with Crippen LogP contribution in [0.1, 0.15) is 0 Å². The highest BCUT2D eigenvalue weighted by Crippen LogP contribution is 2.26. The summed E-state index contributed by atoms with van der Waals surface area (Å²) in [7, 11) is -1.08. The molecule has 6 heteroatoms. The molecule has 0 saturated heterocycles. The van der Waals surface area contributed by atoms with Crippen molar-refractivity contribution in [2.24, 2.45) is 0 Å². The monoisotopic (exact) mass is 334 g/mol. The molecule has 1 aromatic carbocycles. The van der Waals surface area contributed by atoms with Crippen LogP contribution in [0.3, 0.4) is 0 Å². The Morgan fingerprint density at radius 1 is 0.958 bits per heavy atom. The largest absolute Gasteiger partial charge is 0.284 e. The molecule has 24 heavy (non-hydrogen) atoms. The van der Waals surface area contributed by atoms with Gasteiger partial charge in [0.1, 0.15) is 0 Å². The first-order valence-electron chi connectivity index (χ1n) is 7.41. The second-order valence-electron chi connectivity index (χ2n) is 5.32. The zero-order valence-corrected chi connectivity index (χ0v) is 13.8. The molecule has 3 heterocycles. The molecule has 0 fully saturated rings. The first kappa shape index (κ1) is 14.7. The molecule has 0 saturated carbocycles. The van der Waals surface area contributed by atoms with Crippen molar-refractivity contribution in [2.75, 3.05) is 6.26 Å². The summed E-state index contributed by atoms with van der Waals surface area (Å²) in [6.45, 7) is 0. The molecule has 0 spiro atoms. The van der Waals surface area contributed by atoms with Crippen LogP contribution in [0.4, 0.5) is 0 Å². The molecule has 1 atom stereocenters. The normalized spacial score (nSPS) is 12.4.